The van der Waals surface area contributed by atoms with E-state index in [2.05, 4.69) is 24.5 Å². The Morgan fingerprint density at radius 2 is 1.77 bits per heavy atom. The predicted octanol–water partition coefficient (Wildman–Crippen LogP) is 2.66. The Bertz CT molecular complexity index is 1210. The van der Waals surface area contributed by atoms with Crippen molar-refractivity contribution >= 4 is 28.3 Å². The number of piperidine rings is 1. The lowest BCUT2D eigenvalue weighted by molar-refractivity contribution is 0.356. The number of aromatic nitrogens is 5. The molecule has 5 rings (SSSR count). The molecule has 30 heavy (non-hydrogen) atoms. The van der Waals surface area contributed by atoms with Gasteiger partial charge in [0, 0.05) is 36.7 Å². The first-order valence-corrected chi connectivity index (χ1v) is 9.92. The molecule has 0 aliphatic carbocycles. The van der Waals surface area contributed by atoms with E-state index >= 15 is 0 Å². The summed E-state index contributed by atoms with van der Waals surface area (Å²) in [6, 6.07) is 9.60. The van der Waals surface area contributed by atoms with Crippen LogP contribution in [0, 0.1) is 0 Å². The number of nitrogens with two attached hydrogens (primary N) is 1. The number of pyridine rings is 1. The van der Waals surface area contributed by atoms with E-state index in [0.29, 0.717) is 29.2 Å². The van der Waals surface area contributed by atoms with Crippen LogP contribution in [0.3, 0.4) is 0 Å². The molecule has 0 saturated carbocycles. The van der Waals surface area contributed by atoms with Gasteiger partial charge in [-0.2, -0.15) is 4.98 Å². The Labute approximate surface area is 173 Å². The highest BCUT2D eigenvalue weighted by Crippen LogP contribution is 2.35. The smallest absolute Gasteiger partial charge is 0.227 e. The zero-order chi connectivity index (χ0) is 20.7. The summed E-state index contributed by atoms with van der Waals surface area (Å²) < 4.78 is 12.8. The molecule has 1 aromatic carbocycles. The fourth-order valence-electron chi connectivity index (χ4n) is 4.08. The number of methoxy groups -OCH3 is 2. The molecular weight excluding hydrogens is 382 g/mol. The molecule has 1 aliphatic heterocycles. The molecular formula is C21H23N7O2. The monoisotopic (exact) mass is 405 g/mol. The lowest BCUT2D eigenvalue weighted by Gasteiger charge is -2.31. The van der Waals surface area contributed by atoms with Gasteiger partial charge in [-0.25, -0.2) is 4.98 Å². The number of hydrogen-bond donors (Lipinski definition) is 1. The molecule has 0 bridgehead atoms. The molecule has 0 unspecified atom stereocenters. The number of nitrogens with zero attached hydrogens (tertiary/aromatic N) is 6. The van der Waals surface area contributed by atoms with Gasteiger partial charge in [0.15, 0.2) is 17.1 Å². The summed E-state index contributed by atoms with van der Waals surface area (Å²) in [5.74, 6) is 3.65. The number of anilines is 2. The average Bonchev–Trinajstić information content (AvgIpc) is 3.22. The molecule has 1 fully saturated rings. The van der Waals surface area contributed by atoms with Crippen LogP contribution in [0.2, 0.25) is 0 Å². The standard InChI is InChI=1S/C21H23N7O2/c1-29-16-11-14-15(12-17(16)30-2)23-21(24-19(14)22)27-9-6-13(7-10-27)20-26-25-18-5-3-4-8-28(18)20/h3-5,8,11-13H,6-7,9-10H2,1-2H3,(H2,22,23,24). The summed E-state index contributed by atoms with van der Waals surface area (Å²) in [7, 11) is 3.20. The van der Waals surface area contributed by atoms with Crippen molar-refractivity contribution in [1.29, 1.82) is 0 Å². The number of hydrogen-bond acceptors (Lipinski definition) is 8. The van der Waals surface area contributed by atoms with Crippen molar-refractivity contribution in [2.45, 2.75) is 18.8 Å². The third-order valence-corrected chi connectivity index (χ3v) is 5.70. The lowest BCUT2D eigenvalue weighted by atomic mass is 9.96. The molecule has 1 aliphatic rings. The van der Waals surface area contributed by atoms with Crippen LogP contribution < -0.4 is 20.1 Å². The second-order valence-corrected chi connectivity index (χ2v) is 7.38. The third-order valence-electron chi connectivity index (χ3n) is 5.70. The molecule has 0 atom stereocenters. The summed E-state index contributed by atoms with van der Waals surface area (Å²) in [6.07, 6.45) is 3.91. The van der Waals surface area contributed by atoms with Crippen molar-refractivity contribution in [1.82, 2.24) is 24.6 Å². The van der Waals surface area contributed by atoms with E-state index in [1.807, 2.05) is 36.5 Å². The molecule has 9 heteroatoms. The zero-order valence-corrected chi connectivity index (χ0v) is 16.9. The van der Waals surface area contributed by atoms with Crippen LogP contribution in [-0.4, -0.2) is 51.9 Å². The van der Waals surface area contributed by atoms with Crippen molar-refractivity contribution in [2.75, 3.05) is 37.9 Å². The fourth-order valence-corrected chi connectivity index (χ4v) is 4.08. The van der Waals surface area contributed by atoms with Crippen molar-refractivity contribution in [3.63, 3.8) is 0 Å². The lowest BCUT2D eigenvalue weighted by Crippen LogP contribution is -2.34. The van der Waals surface area contributed by atoms with Crippen LogP contribution in [0.15, 0.2) is 36.5 Å². The molecule has 2 N–H and O–H groups in total. The van der Waals surface area contributed by atoms with Gasteiger partial charge in [-0.15, -0.1) is 10.2 Å². The molecule has 4 heterocycles. The predicted molar refractivity (Wildman–Crippen MR) is 114 cm³/mol. The van der Waals surface area contributed by atoms with Gasteiger partial charge in [0.2, 0.25) is 5.95 Å². The van der Waals surface area contributed by atoms with Crippen LogP contribution in [0.5, 0.6) is 11.5 Å². The van der Waals surface area contributed by atoms with Gasteiger partial charge in [0.05, 0.1) is 19.7 Å². The molecule has 3 aromatic heterocycles. The van der Waals surface area contributed by atoms with Gasteiger partial charge < -0.3 is 20.1 Å². The minimum Gasteiger partial charge on any atom is -0.493 e. The van der Waals surface area contributed by atoms with E-state index in [4.69, 9.17) is 20.2 Å². The van der Waals surface area contributed by atoms with Crippen LogP contribution in [0.1, 0.15) is 24.6 Å². The summed E-state index contributed by atoms with van der Waals surface area (Å²) in [4.78, 5) is 11.5. The van der Waals surface area contributed by atoms with Crippen LogP contribution in [0.25, 0.3) is 16.6 Å². The van der Waals surface area contributed by atoms with Crippen molar-refractivity contribution in [3.8, 4) is 11.5 Å². The minimum atomic E-state index is 0.348. The van der Waals surface area contributed by atoms with Crippen LogP contribution in [0.4, 0.5) is 11.8 Å². The van der Waals surface area contributed by atoms with E-state index in [1.165, 1.54) is 0 Å². The molecule has 0 amide bonds. The van der Waals surface area contributed by atoms with Crippen LogP contribution >= 0.6 is 0 Å². The Balaban J connectivity index is 1.40. The topological polar surface area (TPSA) is 104 Å². The Hall–Kier alpha value is -3.62. The van der Waals surface area contributed by atoms with Gasteiger partial charge in [0.1, 0.15) is 11.6 Å². The summed E-state index contributed by atoms with van der Waals surface area (Å²) in [5.41, 5.74) is 7.87. The van der Waals surface area contributed by atoms with Gasteiger partial charge in [-0.1, -0.05) is 6.07 Å². The minimum absolute atomic E-state index is 0.348. The Morgan fingerprint density at radius 1 is 1.00 bits per heavy atom. The van der Waals surface area contributed by atoms with Crippen molar-refractivity contribution in [3.05, 3.63) is 42.4 Å². The van der Waals surface area contributed by atoms with Gasteiger partial charge >= 0.3 is 0 Å². The Morgan fingerprint density at radius 3 is 2.53 bits per heavy atom. The van der Waals surface area contributed by atoms with Crippen molar-refractivity contribution in [2.24, 2.45) is 0 Å². The maximum atomic E-state index is 6.25. The third kappa shape index (κ3) is 3.02. The van der Waals surface area contributed by atoms with Gasteiger partial charge in [-0.05, 0) is 31.0 Å². The summed E-state index contributed by atoms with van der Waals surface area (Å²) in [6.45, 7) is 1.65. The summed E-state index contributed by atoms with van der Waals surface area (Å²) in [5, 5.41) is 9.46. The quantitative estimate of drug-likeness (QED) is 0.553. The van der Waals surface area contributed by atoms with E-state index in [0.717, 1.165) is 48.3 Å². The van der Waals surface area contributed by atoms with Crippen molar-refractivity contribution < 1.29 is 9.47 Å². The zero-order valence-electron chi connectivity index (χ0n) is 16.9. The first kappa shape index (κ1) is 18.4. The Kier molecular flexibility index (Phi) is 4.50. The highest BCUT2D eigenvalue weighted by atomic mass is 16.5. The highest BCUT2D eigenvalue weighted by Gasteiger charge is 2.26. The largest absolute Gasteiger partial charge is 0.493 e. The highest BCUT2D eigenvalue weighted by molar-refractivity contribution is 5.91. The van der Waals surface area contributed by atoms with E-state index in [-0.39, 0.29) is 0 Å². The molecule has 0 spiro atoms. The maximum absolute atomic E-state index is 6.25. The van der Waals surface area contributed by atoms with E-state index in [9.17, 15) is 0 Å². The summed E-state index contributed by atoms with van der Waals surface area (Å²) >= 11 is 0. The second-order valence-electron chi connectivity index (χ2n) is 7.38. The molecule has 0 radical (unpaired) electrons. The van der Waals surface area contributed by atoms with Crippen LogP contribution in [-0.2, 0) is 0 Å². The normalized spacial score (nSPS) is 15.1. The second kappa shape index (κ2) is 7.33. The average molecular weight is 405 g/mol. The first-order valence-electron chi connectivity index (χ1n) is 9.92. The van der Waals surface area contributed by atoms with E-state index < -0.39 is 0 Å². The maximum Gasteiger partial charge on any atom is 0.227 e. The van der Waals surface area contributed by atoms with Gasteiger partial charge in [0.25, 0.3) is 0 Å². The van der Waals surface area contributed by atoms with E-state index in [1.54, 1.807) is 14.2 Å². The SMILES string of the molecule is COc1cc2nc(N3CCC(c4nnc5ccccn45)CC3)nc(N)c2cc1OC. The fraction of sp³-hybridized carbons (Fsp3) is 0.333. The first-order chi connectivity index (χ1) is 14.7. The number of benzene rings is 1. The number of rotatable bonds is 4. The number of fused-ring (bicyclic) bond motifs is 2. The molecule has 9 nitrogen and oxygen atoms in total. The number of ether oxygens (including phenoxy) is 2. The number of nitrogen functional groups attached to an aromatic ring is 1. The molecule has 154 valence electrons. The molecule has 4 aromatic rings. The molecule has 1 saturated heterocycles. The van der Waals surface area contributed by atoms with Gasteiger partial charge in [-0.3, -0.25) is 4.40 Å².